The summed E-state index contributed by atoms with van der Waals surface area (Å²) in [4.78, 5) is 16.5. The van der Waals surface area contributed by atoms with E-state index in [4.69, 9.17) is 9.47 Å². The van der Waals surface area contributed by atoms with Crippen molar-refractivity contribution in [3.05, 3.63) is 29.6 Å². The molecule has 1 heterocycles. The minimum Gasteiger partial charge on any atom is -0.497 e. The Hall–Kier alpha value is -2.02. The minimum atomic E-state index is -0.0395. The Morgan fingerprint density at radius 3 is 2.76 bits per heavy atom. The molecule has 0 aliphatic heterocycles. The molecule has 0 aliphatic rings. The molecule has 1 N–H and O–H groups in total. The Morgan fingerprint density at radius 2 is 2.14 bits per heavy atom. The van der Waals surface area contributed by atoms with Crippen LogP contribution in [0.15, 0.2) is 23.4 Å². The van der Waals surface area contributed by atoms with Gasteiger partial charge in [-0.1, -0.05) is 18.7 Å². The third-order valence-electron chi connectivity index (χ3n) is 2.89. The Labute approximate surface area is 127 Å². The Bertz CT molecular complexity index is 628. The van der Waals surface area contributed by atoms with Crippen molar-refractivity contribution >= 4 is 17.5 Å². The minimum absolute atomic E-state index is 0.0395. The second kappa shape index (κ2) is 7.12. The summed E-state index contributed by atoms with van der Waals surface area (Å²) in [5.74, 6) is 2.18. The third-order valence-corrected chi connectivity index (χ3v) is 3.73. The molecule has 21 heavy (non-hydrogen) atoms. The standard InChI is InChI=1S/C14H17N3O3S/c1-4-13-15-14(17-16-13)21-8-11(18)10-6-5-9(19-2)7-12(10)20-3/h5-7H,4,8H2,1-3H3,(H,15,16,17). The van der Waals surface area contributed by atoms with Gasteiger partial charge in [0.2, 0.25) is 5.16 Å². The number of carbonyl (C=O) groups is 1. The Kier molecular flexibility index (Phi) is 5.21. The highest BCUT2D eigenvalue weighted by Gasteiger charge is 2.15. The molecule has 6 nitrogen and oxygen atoms in total. The Morgan fingerprint density at radius 1 is 1.33 bits per heavy atom. The van der Waals surface area contributed by atoms with Crippen molar-refractivity contribution < 1.29 is 14.3 Å². The molecular weight excluding hydrogens is 290 g/mol. The summed E-state index contributed by atoms with van der Waals surface area (Å²) in [7, 11) is 3.10. The number of aromatic nitrogens is 3. The highest BCUT2D eigenvalue weighted by atomic mass is 32.2. The number of ketones is 1. The predicted octanol–water partition coefficient (Wildman–Crippen LogP) is 2.36. The molecule has 7 heteroatoms. The van der Waals surface area contributed by atoms with E-state index >= 15 is 0 Å². The molecule has 2 rings (SSSR count). The SMILES string of the molecule is CCc1nc(SCC(=O)c2ccc(OC)cc2OC)n[nH]1. The number of carbonyl (C=O) groups excluding carboxylic acids is 1. The van der Waals surface area contributed by atoms with Gasteiger partial charge in [-0.05, 0) is 12.1 Å². The molecular formula is C14H17N3O3S. The lowest BCUT2D eigenvalue weighted by molar-refractivity contribution is 0.101. The number of ether oxygens (including phenoxy) is 2. The predicted molar refractivity (Wildman–Crippen MR) is 80.4 cm³/mol. The smallest absolute Gasteiger partial charge is 0.208 e. The maximum Gasteiger partial charge on any atom is 0.208 e. The zero-order chi connectivity index (χ0) is 15.2. The lowest BCUT2D eigenvalue weighted by atomic mass is 10.1. The van der Waals surface area contributed by atoms with E-state index in [1.54, 1.807) is 25.3 Å². The first-order valence-corrected chi connectivity index (χ1v) is 7.45. The second-order valence-corrected chi connectivity index (χ2v) is 5.14. The zero-order valence-corrected chi connectivity index (χ0v) is 13.0. The maximum atomic E-state index is 12.3. The number of aromatic amines is 1. The molecule has 0 bridgehead atoms. The first kappa shape index (κ1) is 15.4. The molecule has 0 unspecified atom stereocenters. The number of methoxy groups -OCH3 is 2. The average Bonchev–Trinajstić information content (AvgIpc) is 3.00. The van der Waals surface area contributed by atoms with Crippen molar-refractivity contribution in [3.8, 4) is 11.5 Å². The number of rotatable bonds is 7. The lowest BCUT2D eigenvalue weighted by Crippen LogP contribution is -2.05. The summed E-state index contributed by atoms with van der Waals surface area (Å²) in [6.07, 6.45) is 0.786. The average molecular weight is 307 g/mol. The van der Waals surface area contributed by atoms with Gasteiger partial charge in [-0.15, -0.1) is 5.10 Å². The fourth-order valence-corrected chi connectivity index (χ4v) is 2.44. The molecule has 0 spiro atoms. The fraction of sp³-hybridized carbons (Fsp3) is 0.357. The first-order chi connectivity index (χ1) is 10.2. The summed E-state index contributed by atoms with van der Waals surface area (Å²) in [5, 5.41) is 7.44. The van der Waals surface area contributed by atoms with Crippen LogP contribution in [0.1, 0.15) is 23.1 Å². The van der Waals surface area contributed by atoms with Crippen LogP contribution >= 0.6 is 11.8 Å². The first-order valence-electron chi connectivity index (χ1n) is 6.47. The van der Waals surface area contributed by atoms with Gasteiger partial charge < -0.3 is 9.47 Å². The van der Waals surface area contributed by atoms with E-state index in [1.807, 2.05) is 6.92 Å². The van der Waals surface area contributed by atoms with E-state index in [1.165, 1.54) is 18.9 Å². The number of nitrogens with zero attached hydrogens (tertiary/aromatic N) is 2. The molecule has 112 valence electrons. The van der Waals surface area contributed by atoms with E-state index in [9.17, 15) is 4.79 Å². The van der Waals surface area contributed by atoms with Gasteiger partial charge in [0.15, 0.2) is 5.78 Å². The number of aryl methyl sites for hydroxylation is 1. The topological polar surface area (TPSA) is 77.1 Å². The van der Waals surface area contributed by atoms with Gasteiger partial charge in [-0.3, -0.25) is 9.89 Å². The maximum absolute atomic E-state index is 12.3. The summed E-state index contributed by atoms with van der Waals surface area (Å²) < 4.78 is 10.4. The number of hydrogen-bond donors (Lipinski definition) is 1. The van der Waals surface area contributed by atoms with E-state index < -0.39 is 0 Å². The number of hydrogen-bond acceptors (Lipinski definition) is 6. The molecule has 1 aromatic heterocycles. The van der Waals surface area contributed by atoms with Crippen LogP contribution in [0.3, 0.4) is 0 Å². The molecule has 0 saturated heterocycles. The zero-order valence-electron chi connectivity index (χ0n) is 12.2. The largest absolute Gasteiger partial charge is 0.497 e. The van der Waals surface area contributed by atoms with Crippen molar-refractivity contribution in [1.29, 1.82) is 0 Å². The van der Waals surface area contributed by atoms with Gasteiger partial charge >= 0.3 is 0 Å². The fourth-order valence-electron chi connectivity index (χ4n) is 1.74. The van der Waals surface area contributed by atoms with E-state index in [0.717, 1.165) is 12.2 Å². The van der Waals surface area contributed by atoms with Crippen molar-refractivity contribution in [1.82, 2.24) is 15.2 Å². The van der Waals surface area contributed by atoms with E-state index in [2.05, 4.69) is 15.2 Å². The van der Waals surface area contributed by atoms with Gasteiger partial charge in [-0.2, -0.15) is 0 Å². The van der Waals surface area contributed by atoms with Gasteiger partial charge in [0.1, 0.15) is 17.3 Å². The quantitative estimate of drug-likeness (QED) is 0.625. The lowest BCUT2D eigenvalue weighted by Gasteiger charge is -2.08. The summed E-state index contributed by atoms with van der Waals surface area (Å²) >= 11 is 1.30. The summed E-state index contributed by atoms with van der Waals surface area (Å²) in [6.45, 7) is 1.99. The van der Waals surface area contributed by atoms with Gasteiger partial charge in [-0.25, -0.2) is 4.98 Å². The number of benzene rings is 1. The molecule has 0 atom stereocenters. The molecule has 0 fully saturated rings. The van der Waals surface area contributed by atoms with Crippen molar-refractivity contribution in [3.63, 3.8) is 0 Å². The number of nitrogens with one attached hydrogen (secondary N) is 1. The van der Waals surface area contributed by atoms with E-state index in [0.29, 0.717) is 22.2 Å². The highest BCUT2D eigenvalue weighted by molar-refractivity contribution is 7.99. The molecule has 0 radical (unpaired) electrons. The third kappa shape index (κ3) is 3.75. The van der Waals surface area contributed by atoms with Gasteiger partial charge in [0, 0.05) is 12.5 Å². The van der Waals surface area contributed by atoms with Crippen LogP contribution in [0.4, 0.5) is 0 Å². The summed E-state index contributed by atoms with van der Waals surface area (Å²) in [5.41, 5.74) is 0.525. The number of Topliss-reactive ketones (excluding diaryl/α,β-unsaturated/α-hetero) is 1. The van der Waals surface area contributed by atoms with Crippen molar-refractivity contribution in [2.24, 2.45) is 0 Å². The molecule has 0 aliphatic carbocycles. The number of H-pyrrole nitrogens is 1. The van der Waals surface area contributed by atoms with Crippen molar-refractivity contribution in [2.45, 2.75) is 18.5 Å². The van der Waals surface area contributed by atoms with Crippen LogP contribution in [-0.4, -0.2) is 40.9 Å². The van der Waals surface area contributed by atoms with Crippen LogP contribution in [0.5, 0.6) is 11.5 Å². The van der Waals surface area contributed by atoms with E-state index in [-0.39, 0.29) is 11.5 Å². The highest BCUT2D eigenvalue weighted by Crippen LogP contribution is 2.26. The monoisotopic (exact) mass is 307 g/mol. The van der Waals surface area contributed by atoms with Crippen LogP contribution in [0.2, 0.25) is 0 Å². The van der Waals surface area contributed by atoms with Gasteiger partial charge in [0.05, 0.1) is 25.5 Å². The van der Waals surface area contributed by atoms with Crippen LogP contribution < -0.4 is 9.47 Å². The van der Waals surface area contributed by atoms with Crippen LogP contribution in [0, 0.1) is 0 Å². The molecule has 1 aromatic carbocycles. The summed E-state index contributed by atoms with van der Waals surface area (Å²) in [6, 6.07) is 5.14. The second-order valence-electron chi connectivity index (χ2n) is 4.20. The van der Waals surface area contributed by atoms with Crippen LogP contribution in [0.25, 0.3) is 0 Å². The molecule has 2 aromatic rings. The van der Waals surface area contributed by atoms with Gasteiger partial charge in [0.25, 0.3) is 0 Å². The van der Waals surface area contributed by atoms with Crippen LogP contribution in [-0.2, 0) is 6.42 Å². The molecule has 0 saturated carbocycles. The normalized spacial score (nSPS) is 10.4. The number of thioether (sulfide) groups is 1. The van der Waals surface area contributed by atoms with Crippen molar-refractivity contribution in [2.75, 3.05) is 20.0 Å². The molecule has 0 amide bonds. The Balaban J connectivity index is 2.06.